The summed E-state index contributed by atoms with van der Waals surface area (Å²) < 4.78 is 51.6. The summed E-state index contributed by atoms with van der Waals surface area (Å²) in [5, 5.41) is 26.8. The van der Waals surface area contributed by atoms with Gasteiger partial charge >= 0.3 is 6.36 Å². The molecular weight excluding hydrogens is 567 g/mol. The van der Waals surface area contributed by atoms with Crippen molar-refractivity contribution in [3.05, 3.63) is 74.7 Å². The number of alkyl halides is 3. The van der Waals surface area contributed by atoms with Gasteiger partial charge in [0.1, 0.15) is 6.10 Å². The number of carbonyl (C=O) groups is 1. The van der Waals surface area contributed by atoms with Gasteiger partial charge in [-0.1, -0.05) is 36.8 Å². The molecule has 7 rings (SSSR count). The summed E-state index contributed by atoms with van der Waals surface area (Å²) in [6, 6.07) is 7.99. The van der Waals surface area contributed by atoms with Crippen LogP contribution in [0.4, 0.5) is 13.2 Å². The second-order valence-electron chi connectivity index (χ2n) is 13.4. The fraction of sp³-hybridized carbons (Fsp3) is 0.581. The molecule has 1 spiro atoms. The van der Waals surface area contributed by atoms with E-state index in [1.54, 1.807) is 18.2 Å². The smallest absolute Gasteiger partial charge is 0.400 e. The first-order valence-corrected chi connectivity index (χ1v) is 15.0. The van der Waals surface area contributed by atoms with Crippen molar-refractivity contribution < 1.29 is 42.0 Å². The number of hydrogen-bond acceptors (Lipinski definition) is 6. The molecule has 12 heteroatoms. The van der Waals surface area contributed by atoms with Gasteiger partial charge in [0.25, 0.3) is 11.6 Å². The minimum Gasteiger partial charge on any atom is -0.400 e. The summed E-state index contributed by atoms with van der Waals surface area (Å²) in [7, 11) is 2.27. The summed E-state index contributed by atoms with van der Waals surface area (Å²) in [4.78, 5) is 25.4. The quantitative estimate of drug-likeness (QED) is 0.119. The van der Waals surface area contributed by atoms with E-state index in [9.17, 15) is 33.2 Å². The van der Waals surface area contributed by atoms with Crippen molar-refractivity contribution in [2.45, 2.75) is 75.3 Å². The van der Waals surface area contributed by atoms with Crippen LogP contribution in [0.15, 0.2) is 59.0 Å². The first-order valence-electron chi connectivity index (χ1n) is 15.0. The van der Waals surface area contributed by atoms with Gasteiger partial charge in [-0.15, -0.1) is 13.2 Å². The van der Waals surface area contributed by atoms with Gasteiger partial charge in [-0.3, -0.25) is 14.9 Å². The Morgan fingerprint density at radius 3 is 2.67 bits per heavy atom. The Morgan fingerprint density at radius 1 is 1.26 bits per heavy atom. The van der Waals surface area contributed by atoms with Crippen LogP contribution in [0.3, 0.4) is 0 Å². The van der Waals surface area contributed by atoms with Crippen molar-refractivity contribution in [3.63, 3.8) is 0 Å². The number of rotatable bonds is 7. The van der Waals surface area contributed by atoms with E-state index in [0.29, 0.717) is 29.9 Å². The number of hydrogen-bond donors (Lipinski definition) is 2. The summed E-state index contributed by atoms with van der Waals surface area (Å²) in [5.41, 5.74) is -1.85. The number of likely N-dealkylation sites (tertiary alicyclic amines) is 1. The van der Waals surface area contributed by atoms with Gasteiger partial charge in [-0.05, 0) is 42.9 Å². The SMILES string of the molecule is C[N+]1(CC2CC2)CC[C@@]23C4=C5C[C@@H]1[C@@H]2CCC[C@@H]3OC4C(O)(NC(=O)C(=Cc1ccccc1)OC(F)(F)F)C=C5[N+](=O)[O-]. The average molecular weight is 603 g/mol. The van der Waals surface area contributed by atoms with E-state index in [1.165, 1.54) is 25.0 Å². The predicted molar refractivity (Wildman–Crippen MR) is 147 cm³/mol. The lowest BCUT2D eigenvalue weighted by Gasteiger charge is -2.61. The van der Waals surface area contributed by atoms with Crippen LogP contribution in [0.5, 0.6) is 0 Å². The van der Waals surface area contributed by atoms with Crippen LogP contribution < -0.4 is 5.32 Å². The maximum atomic E-state index is 13.4. The summed E-state index contributed by atoms with van der Waals surface area (Å²) >= 11 is 0. The summed E-state index contributed by atoms with van der Waals surface area (Å²) in [6.45, 7) is 1.93. The maximum Gasteiger partial charge on any atom is 0.573 e. The van der Waals surface area contributed by atoms with Crippen molar-refractivity contribution in [3.8, 4) is 0 Å². The molecule has 2 N–H and O–H groups in total. The van der Waals surface area contributed by atoms with E-state index in [-0.39, 0.29) is 29.3 Å². The van der Waals surface area contributed by atoms with Crippen LogP contribution in [0.1, 0.15) is 50.5 Å². The Labute approximate surface area is 246 Å². The highest BCUT2D eigenvalue weighted by molar-refractivity contribution is 5.96. The number of ether oxygens (including phenoxy) is 2. The molecule has 4 fully saturated rings. The molecule has 1 aromatic rings. The highest BCUT2D eigenvalue weighted by atomic mass is 19.4. The Morgan fingerprint density at radius 2 is 2.00 bits per heavy atom. The van der Waals surface area contributed by atoms with Gasteiger partial charge in [0.15, 0.2) is 11.5 Å². The number of piperidine rings is 1. The highest BCUT2D eigenvalue weighted by Crippen LogP contribution is 2.67. The third-order valence-corrected chi connectivity index (χ3v) is 10.8. The predicted octanol–water partition coefficient (Wildman–Crippen LogP) is 4.43. The minimum atomic E-state index is -5.19. The molecular formula is C31H35F3N3O6+. The molecule has 4 aliphatic carbocycles. The molecule has 2 heterocycles. The van der Waals surface area contributed by atoms with E-state index in [0.717, 1.165) is 49.0 Å². The van der Waals surface area contributed by atoms with Crippen LogP contribution in [0, 0.1) is 27.4 Å². The van der Waals surface area contributed by atoms with Crippen LogP contribution in [-0.4, -0.2) is 70.9 Å². The Balaban J connectivity index is 1.29. The van der Waals surface area contributed by atoms with Crippen molar-refractivity contribution in [2.24, 2.45) is 17.3 Å². The third-order valence-electron chi connectivity index (χ3n) is 10.8. The number of aliphatic hydroxyl groups is 1. The molecule has 0 radical (unpaired) electrons. The van der Waals surface area contributed by atoms with Crippen LogP contribution in [-0.2, 0) is 14.3 Å². The summed E-state index contributed by atoms with van der Waals surface area (Å²) in [6.07, 6.45) is 1.39. The second-order valence-corrected chi connectivity index (χ2v) is 13.4. The topological polar surface area (TPSA) is 111 Å². The van der Waals surface area contributed by atoms with Crippen LogP contribution >= 0.6 is 0 Å². The lowest BCUT2D eigenvalue weighted by molar-refractivity contribution is -0.947. The van der Waals surface area contributed by atoms with E-state index in [1.807, 2.05) is 0 Å². The van der Waals surface area contributed by atoms with E-state index in [4.69, 9.17) is 4.74 Å². The highest BCUT2D eigenvalue weighted by Gasteiger charge is 2.72. The average Bonchev–Trinajstić information content (AvgIpc) is 3.68. The molecule has 2 saturated heterocycles. The first-order chi connectivity index (χ1) is 20.3. The van der Waals surface area contributed by atoms with Crippen LogP contribution in [0.2, 0.25) is 0 Å². The fourth-order valence-electron chi connectivity index (χ4n) is 9.02. The zero-order chi connectivity index (χ0) is 30.4. The number of halogens is 3. The Bertz CT molecular complexity index is 1460. The molecule has 9 nitrogen and oxygen atoms in total. The number of nitrogens with one attached hydrogen (secondary N) is 1. The molecule has 7 atom stereocenters. The Kier molecular flexibility index (Phi) is 6.40. The fourth-order valence-corrected chi connectivity index (χ4v) is 9.02. The largest absolute Gasteiger partial charge is 0.573 e. The molecule has 43 heavy (non-hydrogen) atoms. The van der Waals surface area contributed by atoms with Crippen molar-refractivity contribution in [1.82, 2.24) is 5.32 Å². The zero-order valence-electron chi connectivity index (χ0n) is 23.8. The molecule has 3 unspecified atom stereocenters. The monoisotopic (exact) mass is 602 g/mol. The number of nitro groups is 1. The van der Waals surface area contributed by atoms with Gasteiger partial charge in [-0.2, -0.15) is 0 Å². The minimum absolute atomic E-state index is 0.169. The Hall–Kier alpha value is -3.22. The van der Waals surface area contributed by atoms with Crippen molar-refractivity contribution >= 4 is 12.0 Å². The normalized spacial score (nSPS) is 38.3. The number of allylic oxidation sites excluding steroid dienone is 1. The molecule has 2 aliphatic heterocycles. The van der Waals surface area contributed by atoms with E-state index in [2.05, 4.69) is 17.1 Å². The van der Waals surface area contributed by atoms with Crippen molar-refractivity contribution in [2.75, 3.05) is 20.1 Å². The molecule has 1 amide bonds. The lowest BCUT2D eigenvalue weighted by atomic mass is 9.49. The lowest BCUT2D eigenvalue weighted by Crippen LogP contribution is -2.69. The van der Waals surface area contributed by atoms with Gasteiger partial charge in [0.05, 0.1) is 37.2 Å². The molecule has 0 aromatic heterocycles. The molecule has 2 saturated carbocycles. The molecule has 6 aliphatic rings. The van der Waals surface area contributed by atoms with Gasteiger partial charge in [-0.25, -0.2) is 0 Å². The summed E-state index contributed by atoms with van der Waals surface area (Å²) in [5.74, 6) is -1.61. The second kappa shape index (κ2) is 9.64. The van der Waals surface area contributed by atoms with Gasteiger partial charge in [0, 0.05) is 41.7 Å². The zero-order valence-corrected chi connectivity index (χ0v) is 23.8. The van der Waals surface area contributed by atoms with Crippen molar-refractivity contribution in [1.29, 1.82) is 0 Å². The van der Waals surface area contributed by atoms with Gasteiger partial charge in [0.2, 0.25) is 0 Å². The molecule has 1 aromatic carbocycles. The third kappa shape index (κ3) is 4.60. The number of benzene rings is 1. The number of quaternary nitrogens is 1. The van der Waals surface area contributed by atoms with Crippen LogP contribution in [0.25, 0.3) is 6.08 Å². The number of nitrogens with zero attached hydrogens (tertiary/aromatic N) is 2. The number of amides is 1. The van der Waals surface area contributed by atoms with E-state index >= 15 is 0 Å². The van der Waals surface area contributed by atoms with E-state index < -0.39 is 40.2 Å². The standard InChI is InChI=1S/C31H34F3N3O6/c1-37(17-19-10-11-19)13-12-29-21-8-5-9-25(29)42-27-26(29)20(15-23(21)37)22(36(40)41)16-30(27,39)35-28(38)24(43-31(32,33)34)14-18-6-3-2-4-7-18/h2-4,6-7,14,16,19,21,23,25,27,39H,5,8-13,15,17H2,1H3/p+1/t21-,23+,25-,27?,29+,30?,37?/m0/s1. The number of carbonyl (C=O) groups excluding carboxylic acids is 1. The molecule has 230 valence electrons. The molecule has 2 bridgehead atoms. The first kappa shape index (κ1) is 28.5. The maximum absolute atomic E-state index is 13.4. The van der Waals surface area contributed by atoms with Gasteiger partial charge < -0.3 is 24.4 Å².